The molecule has 0 aromatic carbocycles. The van der Waals surface area contributed by atoms with E-state index >= 15 is 0 Å². The Bertz CT molecular complexity index is 587. The molecule has 22 heavy (non-hydrogen) atoms. The van der Waals surface area contributed by atoms with Crippen LogP contribution in [0.3, 0.4) is 0 Å². The van der Waals surface area contributed by atoms with Crippen molar-refractivity contribution in [1.29, 1.82) is 0 Å². The lowest BCUT2D eigenvalue weighted by molar-refractivity contribution is -0.138. The molecule has 2 unspecified atom stereocenters. The predicted octanol–water partition coefficient (Wildman–Crippen LogP) is 1.95. The highest BCUT2D eigenvalue weighted by Crippen LogP contribution is 2.39. The zero-order valence-electron chi connectivity index (χ0n) is 12.6. The van der Waals surface area contributed by atoms with Crippen molar-refractivity contribution in [2.24, 2.45) is 5.92 Å². The van der Waals surface area contributed by atoms with E-state index in [1.54, 1.807) is 18.3 Å². The van der Waals surface area contributed by atoms with Crippen molar-refractivity contribution in [3.05, 3.63) is 30.1 Å². The summed E-state index contributed by atoms with van der Waals surface area (Å²) in [5.41, 5.74) is 0.132. The van der Waals surface area contributed by atoms with Crippen LogP contribution in [0.1, 0.15) is 37.7 Å². The van der Waals surface area contributed by atoms with Crippen LogP contribution in [0.25, 0.3) is 6.08 Å². The first-order valence-corrected chi connectivity index (χ1v) is 7.90. The molecule has 1 saturated heterocycles. The van der Waals surface area contributed by atoms with E-state index in [1.165, 1.54) is 12.3 Å². The van der Waals surface area contributed by atoms with E-state index < -0.39 is 5.60 Å². The van der Waals surface area contributed by atoms with E-state index in [-0.39, 0.29) is 17.6 Å². The van der Waals surface area contributed by atoms with E-state index in [0.717, 1.165) is 25.7 Å². The molecule has 1 aromatic rings. The number of fused-ring (bicyclic) bond motifs is 1. The van der Waals surface area contributed by atoms with Crippen LogP contribution in [0.15, 0.2) is 24.5 Å². The molecule has 118 valence electrons. The van der Waals surface area contributed by atoms with Crippen molar-refractivity contribution in [2.75, 3.05) is 13.1 Å². The number of piperidine rings is 1. The number of aromatic hydroxyl groups is 1. The molecule has 2 heterocycles. The van der Waals surface area contributed by atoms with Gasteiger partial charge in [-0.3, -0.25) is 9.78 Å². The Labute approximate surface area is 130 Å². The van der Waals surface area contributed by atoms with Gasteiger partial charge in [-0.15, -0.1) is 0 Å². The molecule has 2 aliphatic rings. The van der Waals surface area contributed by atoms with Gasteiger partial charge in [0.25, 0.3) is 0 Å². The number of aromatic nitrogens is 1. The Hall–Kier alpha value is -1.88. The van der Waals surface area contributed by atoms with Crippen molar-refractivity contribution in [3.63, 3.8) is 0 Å². The molecular formula is C17H22N2O3. The summed E-state index contributed by atoms with van der Waals surface area (Å²) in [5.74, 6) is 0.241. The molecule has 2 atom stereocenters. The van der Waals surface area contributed by atoms with E-state index in [1.807, 2.05) is 4.90 Å². The maximum atomic E-state index is 12.3. The van der Waals surface area contributed by atoms with Crippen LogP contribution in [0.4, 0.5) is 0 Å². The molecule has 0 radical (unpaired) electrons. The predicted molar refractivity (Wildman–Crippen MR) is 83.0 cm³/mol. The lowest BCUT2D eigenvalue weighted by Gasteiger charge is -2.47. The first-order chi connectivity index (χ1) is 10.6. The Kier molecular flexibility index (Phi) is 4.16. The average Bonchev–Trinajstić information content (AvgIpc) is 2.52. The largest absolute Gasteiger partial charge is 0.506 e. The second kappa shape index (κ2) is 6.08. The normalized spacial score (nSPS) is 28.6. The van der Waals surface area contributed by atoms with E-state index in [0.29, 0.717) is 25.1 Å². The topological polar surface area (TPSA) is 73.7 Å². The standard InChI is InChI=1S/C17H22N2O3/c20-15-9-13(10-18-11-15)4-5-16(21)19-8-7-17(22)6-2-1-3-14(17)12-19/h4-5,9-11,14,20,22H,1-3,6-8,12H2/b5-4+. The van der Waals surface area contributed by atoms with Crippen LogP contribution in [0.2, 0.25) is 0 Å². The van der Waals surface area contributed by atoms with Crippen LogP contribution < -0.4 is 0 Å². The van der Waals surface area contributed by atoms with Gasteiger partial charge in [-0.25, -0.2) is 0 Å². The van der Waals surface area contributed by atoms with Crippen LogP contribution >= 0.6 is 0 Å². The molecule has 0 spiro atoms. The fourth-order valence-corrected chi connectivity index (χ4v) is 3.58. The first-order valence-electron chi connectivity index (χ1n) is 7.90. The minimum absolute atomic E-state index is 0.0454. The fourth-order valence-electron chi connectivity index (χ4n) is 3.58. The lowest BCUT2D eigenvalue weighted by atomic mass is 9.71. The van der Waals surface area contributed by atoms with Crippen LogP contribution in [-0.2, 0) is 4.79 Å². The number of amides is 1. The highest BCUT2D eigenvalue weighted by atomic mass is 16.3. The second-order valence-electron chi connectivity index (χ2n) is 6.39. The second-order valence-corrected chi connectivity index (χ2v) is 6.39. The fraction of sp³-hybridized carbons (Fsp3) is 0.529. The summed E-state index contributed by atoms with van der Waals surface area (Å²) in [6, 6.07) is 1.56. The van der Waals surface area contributed by atoms with Crippen molar-refractivity contribution >= 4 is 12.0 Å². The monoisotopic (exact) mass is 302 g/mol. The molecule has 3 rings (SSSR count). The molecule has 1 saturated carbocycles. The third kappa shape index (κ3) is 3.14. The lowest BCUT2D eigenvalue weighted by Crippen LogP contribution is -2.54. The van der Waals surface area contributed by atoms with Gasteiger partial charge in [-0.2, -0.15) is 0 Å². The zero-order chi connectivity index (χ0) is 15.6. The van der Waals surface area contributed by atoms with Crippen LogP contribution in [0, 0.1) is 5.92 Å². The zero-order valence-corrected chi connectivity index (χ0v) is 12.6. The number of hydrogen-bond acceptors (Lipinski definition) is 4. The molecule has 1 aromatic heterocycles. The minimum Gasteiger partial charge on any atom is -0.506 e. The van der Waals surface area contributed by atoms with Crippen molar-refractivity contribution in [3.8, 4) is 5.75 Å². The summed E-state index contributed by atoms with van der Waals surface area (Å²) in [5, 5.41) is 20.0. The Balaban J connectivity index is 1.63. The SMILES string of the molecule is O=C(/C=C/c1cncc(O)c1)N1CCC2(O)CCCCC2C1. The molecule has 1 aliphatic carbocycles. The number of hydrogen-bond donors (Lipinski definition) is 2. The number of carbonyl (C=O) groups excluding carboxylic acids is 1. The quantitative estimate of drug-likeness (QED) is 0.819. The maximum Gasteiger partial charge on any atom is 0.246 e. The molecule has 0 bridgehead atoms. The van der Waals surface area contributed by atoms with Gasteiger partial charge in [0.1, 0.15) is 5.75 Å². The summed E-state index contributed by atoms with van der Waals surface area (Å²) < 4.78 is 0. The molecule has 5 nitrogen and oxygen atoms in total. The smallest absolute Gasteiger partial charge is 0.246 e. The molecule has 5 heteroatoms. The van der Waals surface area contributed by atoms with Crippen molar-refractivity contribution < 1.29 is 15.0 Å². The third-order valence-electron chi connectivity index (χ3n) is 4.90. The van der Waals surface area contributed by atoms with Gasteiger partial charge in [0.05, 0.1) is 11.8 Å². The summed E-state index contributed by atoms with van der Waals surface area (Å²) >= 11 is 0. The van der Waals surface area contributed by atoms with E-state index in [9.17, 15) is 15.0 Å². The van der Waals surface area contributed by atoms with Crippen molar-refractivity contribution in [2.45, 2.75) is 37.7 Å². The average molecular weight is 302 g/mol. The van der Waals surface area contributed by atoms with Crippen LogP contribution in [-0.4, -0.2) is 44.7 Å². The number of aliphatic hydroxyl groups is 1. The summed E-state index contributed by atoms with van der Waals surface area (Å²) in [4.78, 5) is 18.0. The molecule has 2 fully saturated rings. The summed E-state index contributed by atoms with van der Waals surface area (Å²) in [6.07, 6.45) is 10.9. The highest BCUT2D eigenvalue weighted by Gasteiger charge is 2.43. The maximum absolute atomic E-state index is 12.3. The Morgan fingerprint density at radius 2 is 2.23 bits per heavy atom. The van der Waals surface area contributed by atoms with Gasteiger partial charge in [0, 0.05) is 31.3 Å². The molecular weight excluding hydrogens is 280 g/mol. The van der Waals surface area contributed by atoms with Crippen molar-refractivity contribution in [1.82, 2.24) is 9.88 Å². The van der Waals surface area contributed by atoms with E-state index in [2.05, 4.69) is 4.98 Å². The van der Waals surface area contributed by atoms with Gasteiger partial charge in [0.2, 0.25) is 5.91 Å². The first kappa shape index (κ1) is 15.0. The van der Waals surface area contributed by atoms with Crippen LogP contribution in [0.5, 0.6) is 5.75 Å². The molecule has 1 aliphatic heterocycles. The highest BCUT2D eigenvalue weighted by molar-refractivity contribution is 5.91. The molecule has 2 N–H and O–H groups in total. The third-order valence-corrected chi connectivity index (χ3v) is 4.90. The van der Waals surface area contributed by atoms with Gasteiger partial charge >= 0.3 is 0 Å². The van der Waals surface area contributed by atoms with Gasteiger partial charge in [-0.1, -0.05) is 12.8 Å². The van der Waals surface area contributed by atoms with E-state index in [4.69, 9.17) is 0 Å². The van der Waals surface area contributed by atoms with Gasteiger partial charge in [-0.05, 0) is 37.0 Å². The number of pyridine rings is 1. The molecule has 1 amide bonds. The Morgan fingerprint density at radius 3 is 3.05 bits per heavy atom. The van der Waals surface area contributed by atoms with Gasteiger partial charge in [0.15, 0.2) is 0 Å². The number of rotatable bonds is 2. The number of nitrogens with zero attached hydrogens (tertiary/aromatic N) is 2. The number of carbonyl (C=O) groups is 1. The summed E-state index contributed by atoms with van der Waals surface area (Å²) in [6.45, 7) is 1.24. The van der Waals surface area contributed by atoms with Gasteiger partial charge < -0.3 is 15.1 Å². The Morgan fingerprint density at radius 1 is 1.36 bits per heavy atom. The summed E-state index contributed by atoms with van der Waals surface area (Å²) in [7, 11) is 0. The number of likely N-dealkylation sites (tertiary alicyclic amines) is 1. The minimum atomic E-state index is -0.562.